The Hall–Kier alpha value is -3.81. The molecule has 1 aromatic heterocycles. The lowest BCUT2D eigenvalue weighted by atomic mass is 9.97. The molecule has 0 spiro atoms. The number of likely N-dealkylation sites (tertiary alicyclic amines) is 1. The Bertz CT molecular complexity index is 1290. The molecule has 0 aliphatic carbocycles. The normalized spacial score (nSPS) is 17.9. The Morgan fingerprint density at radius 3 is 2.46 bits per heavy atom. The SMILES string of the molecule is Cc1c(O)ccc2c(COC(=O)c3ccc(OCC(=O)N4[C@@H](C)CCC[C@@H]4C)cc3)cc(=O)oc12. The lowest BCUT2D eigenvalue weighted by Crippen LogP contribution is -2.49. The quantitative estimate of drug-likeness (QED) is 0.414. The first-order valence-electron chi connectivity index (χ1n) is 11.7. The van der Waals surface area contributed by atoms with Crippen molar-refractivity contribution in [2.45, 2.75) is 58.7 Å². The highest BCUT2D eigenvalue weighted by Crippen LogP contribution is 2.28. The topological polar surface area (TPSA) is 106 Å². The number of phenolic OH excluding ortho intramolecular Hbond substituents is 1. The van der Waals surface area contributed by atoms with E-state index in [4.69, 9.17) is 13.9 Å². The Labute approximate surface area is 203 Å². The molecule has 0 bridgehead atoms. The van der Waals surface area contributed by atoms with Crippen LogP contribution in [0.15, 0.2) is 51.7 Å². The van der Waals surface area contributed by atoms with E-state index in [1.54, 1.807) is 37.3 Å². The van der Waals surface area contributed by atoms with Crippen molar-refractivity contribution in [2.24, 2.45) is 0 Å². The number of phenols is 1. The van der Waals surface area contributed by atoms with E-state index in [0.717, 1.165) is 19.3 Å². The molecule has 1 aliphatic rings. The first kappa shape index (κ1) is 24.3. The van der Waals surface area contributed by atoms with Gasteiger partial charge in [0.15, 0.2) is 6.61 Å². The minimum absolute atomic E-state index is 0.0127. The van der Waals surface area contributed by atoms with Crippen molar-refractivity contribution in [3.63, 3.8) is 0 Å². The van der Waals surface area contributed by atoms with Gasteiger partial charge in [-0.05, 0) is 76.4 Å². The van der Waals surface area contributed by atoms with Gasteiger partial charge in [-0.15, -0.1) is 0 Å². The van der Waals surface area contributed by atoms with Gasteiger partial charge in [0.1, 0.15) is 23.7 Å². The highest BCUT2D eigenvalue weighted by Gasteiger charge is 2.29. The zero-order valence-corrected chi connectivity index (χ0v) is 20.1. The molecule has 0 saturated carbocycles. The monoisotopic (exact) mass is 479 g/mol. The van der Waals surface area contributed by atoms with Crippen LogP contribution in [0.25, 0.3) is 11.0 Å². The smallest absolute Gasteiger partial charge is 0.338 e. The van der Waals surface area contributed by atoms with Gasteiger partial charge in [-0.25, -0.2) is 9.59 Å². The molecule has 1 amide bonds. The van der Waals surface area contributed by atoms with Gasteiger partial charge in [0.2, 0.25) is 0 Å². The molecule has 35 heavy (non-hydrogen) atoms. The molecule has 1 saturated heterocycles. The lowest BCUT2D eigenvalue weighted by Gasteiger charge is -2.38. The average molecular weight is 480 g/mol. The van der Waals surface area contributed by atoms with Crippen LogP contribution in [0.3, 0.4) is 0 Å². The summed E-state index contributed by atoms with van der Waals surface area (Å²) < 4.78 is 16.3. The number of carbonyl (C=O) groups is 2. The first-order chi connectivity index (χ1) is 16.7. The summed E-state index contributed by atoms with van der Waals surface area (Å²) in [5.41, 5.74) is 0.885. The van der Waals surface area contributed by atoms with Crippen LogP contribution in [0.4, 0.5) is 0 Å². The summed E-state index contributed by atoms with van der Waals surface area (Å²) in [6.07, 6.45) is 3.12. The highest BCUT2D eigenvalue weighted by molar-refractivity contribution is 5.90. The Balaban J connectivity index is 1.37. The third-order valence-corrected chi connectivity index (χ3v) is 6.51. The number of amides is 1. The van der Waals surface area contributed by atoms with Crippen molar-refractivity contribution in [3.05, 3.63) is 69.6 Å². The number of hydrogen-bond acceptors (Lipinski definition) is 7. The van der Waals surface area contributed by atoms with Gasteiger partial charge >= 0.3 is 11.6 Å². The molecular weight excluding hydrogens is 450 g/mol. The number of ether oxygens (including phenoxy) is 2. The Morgan fingerprint density at radius 1 is 1.09 bits per heavy atom. The number of benzene rings is 2. The van der Waals surface area contributed by atoms with Crippen LogP contribution < -0.4 is 10.4 Å². The number of aromatic hydroxyl groups is 1. The van der Waals surface area contributed by atoms with E-state index in [1.165, 1.54) is 12.1 Å². The number of fused-ring (bicyclic) bond motifs is 1. The van der Waals surface area contributed by atoms with E-state index in [1.807, 2.05) is 4.90 Å². The number of rotatable bonds is 6. The molecule has 4 rings (SSSR count). The summed E-state index contributed by atoms with van der Waals surface area (Å²) in [6, 6.07) is 11.1. The third-order valence-electron chi connectivity index (χ3n) is 6.51. The summed E-state index contributed by atoms with van der Waals surface area (Å²) >= 11 is 0. The minimum Gasteiger partial charge on any atom is -0.508 e. The van der Waals surface area contributed by atoms with Crippen LogP contribution >= 0.6 is 0 Å². The van der Waals surface area contributed by atoms with E-state index in [2.05, 4.69) is 13.8 Å². The van der Waals surface area contributed by atoms with Crippen LogP contribution in [0.5, 0.6) is 11.5 Å². The predicted molar refractivity (Wildman–Crippen MR) is 130 cm³/mol. The van der Waals surface area contributed by atoms with Crippen LogP contribution in [0, 0.1) is 6.92 Å². The maximum absolute atomic E-state index is 12.6. The summed E-state index contributed by atoms with van der Waals surface area (Å²) in [7, 11) is 0. The van der Waals surface area contributed by atoms with E-state index in [-0.39, 0.29) is 42.5 Å². The van der Waals surface area contributed by atoms with E-state index < -0.39 is 11.6 Å². The van der Waals surface area contributed by atoms with Crippen molar-refractivity contribution in [1.29, 1.82) is 0 Å². The minimum atomic E-state index is -0.596. The predicted octanol–water partition coefficient (Wildman–Crippen LogP) is 4.33. The maximum atomic E-state index is 12.6. The van der Waals surface area contributed by atoms with Crippen LogP contribution in [0.1, 0.15) is 54.6 Å². The van der Waals surface area contributed by atoms with E-state index >= 15 is 0 Å². The van der Waals surface area contributed by atoms with Gasteiger partial charge in [-0.3, -0.25) is 4.79 Å². The van der Waals surface area contributed by atoms with Crippen molar-refractivity contribution in [3.8, 4) is 11.5 Å². The fourth-order valence-corrected chi connectivity index (χ4v) is 4.58. The van der Waals surface area contributed by atoms with Crippen LogP contribution in [-0.4, -0.2) is 40.6 Å². The lowest BCUT2D eigenvalue weighted by molar-refractivity contribution is -0.139. The highest BCUT2D eigenvalue weighted by atomic mass is 16.5. The van der Waals surface area contributed by atoms with Crippen molar-refractivity contribution >= 4 is 22.8 Å². The molecule has 0 unspecified atom stereocenters. The molecule has 3 aromatic rings. The van der Waals surface area contributed by atoms with Crippen LogP contribution in [-0.2, 0) is 16.1 Å². The van der Waals surface area contributed by atoms with E-state index in [0.29, 0.717) is 27.8 Å². The fraction of sp³-hybridized carbons (Fsp3) is 0.370. The number of hydrogen-bond donors (Lipinski definition) is 1. The van der Waals surface area contributed by atoms with Gasteiger partial charge in [0.25, 0.3) is 5.91 Å². The number of nitrogens with zero attached hydrogens (tertiary/aromatic N) is 1. The van der Waals surface area contributed by atoms with Gasteiger partial charge in [0.05, 0.1) is 5.56 Å². The number of carbonyl (C=O) groups excluding carboxylic acids is 2. The molecule has 2 atom stereocenters. The largest absolute Gasteiger partial charge is 0.508 e. The van der Waals surface area contributed by atoms with Gasteiger partial charge < -0.3 is 23.9 Å². The molecule has 8 heteroatoms. The second kappa shape index (κ2) is 10.2. The summed E-state index contributed by atoms with van der Waals surface area (Å²) in [4.78, 5) is 39.0. The number of piperidine rings is 1. The number of aryl methyl sites for hydroxylation is 1. The molecular formula is C27H29NO7. The molecule has 1 fully saturated rings. The third kappa shape index (κ3) is 5.31. The second-order valence-corrected chi connectivity index (χ2v) is 9.00. The zero-order chi connectivity index (χ0) is 25.1. The molecule has 8 nitrogen and oxygen atoms in total. The fourth-order valence-electron chi connectivity index (χ4n) is 4.58. The van der Waals surface area contributed by atoms with Crippen molar-refractivity contribution in [1.82, 2.24) is 4.90 Å². The zero-order valence-electron chi connectivity index (χ0n) is 20.1. The average Bonchev–Trinajstić information content (AvgIpc) is 2.83. The summed E-state index contributed by atoms with van der Waals surface area (Å²) in [5, 5.41) is 10.4. The summed E-state index contributed by atoms with van der Waals surface area (Å²) in [6.45, 7) is 5.57. The second-order valence-electron chi connectivity index (χ2n) is 9.00. The van der Waals surface area contributed by atoms with Crippen molar-refractivity contribution < 1.29 is 28.6 Å². The first-order valence-corrected chi connectivity index (χ1v) is 11.7. The molecule has 184 valence electrons. The molecule has 2 heterocycles. The molecule has 0 radical (unpaired) electrons. The van der Waals surface area contributed by atoms with Crippen LogP contribution in [0.2, 0.25) is 0 Å². The molecule has 2 aromatic carbocycles. The van der Waals surface area contributed by atoms with E-state index in [9.17, 15) is 19.5 Å². The van der Waals surface area contributed by atoms with Gasteiger partial charge in [-0.1, -0.05) is 0 Å². The standard InChI is InChI=1S/C27H29NO7/c1-16-5-4-6-17(2)28(16)24(30)15-33-21-9-7-19(8-10-21)27(32)34-14-20-13-25(31)35-26-18(3)23(29)12-11-22(20)26/h7-13,16-17,29H,4-6,14-15H2,1-3H3/t16-,17-/m0/s1. The van der Waals surface area contributed by atoms with Gasteiger partial charge in [-0.2, -0.15) is 0 Å². The molecule has 1 N–H and O–H groups in total. The van der Waals surface area contributed by atoms with Crippen molar-refractivity contribution in [2.75, 3.05) is 6.61 Å². The Morgan fingerprint density at radius 2 is 1.77 bits per heavy atom. The maximum Gasteiger partial charge on any atom is 0.338 e. The Kier molecular flexibility index (Phi) is 7.10. The molecule has 1 aliphatic heterocycles. The summed E-state index contributed by atoms with van der Waals surface area (Å²) in [5.74, 6) is -0.121. The van der Waals surface area contributed by atoms with Gasteiger partial charge in [0, 0.05) is 34.7 Å². The number of esters is 1.